The van der Waals surface area contributed by atoms with E-state index in [0.717, 1.165) is 22.9 Å². The van der Waals surface area contributed by atoms with Crippen LogP contribution in [-0.2, 0) is 17.4 Å². The SMILES string of the molecule is CCc1ccsc1C(=O)N1CCN(CC(=O)Nc2ccccc2C(F)(F)F)CC1. The molecule has 1 aromatic heterocycles. The number of anilines is 1. The average molecular weight is 425 g/mol. The maximum atomic E-state index is 13.0. The maximum absolute atomic E-state index is 13.0. The fourth-order valence-corrected chi connectivity index (χ4v) is 4.25. The van der Waals surface area contributed by atoms with Crippen molar-refractivity contribution in [3.63, 3.8) is 0 Å². The number of carbonyl (C=O) groups is 2. The van der Waals surface area contributed by atoms with Crippen LogP contribution in [0.1, 0.15) is 27.7 Å². The van der Waals surface area contributed by atoms with E-state index in [4.69, 9.17) is 0 Å². The van der Waals surface area contributed by atoms with E-state index in [9.17, 15) is 22.8 Å². The van der Waals surface area contributed by atoms with Crippen molar-refractivity contribution >= 4 is 28.8 Å². The Bertz CT molecular complexity index is 874. The molecule has 1 aromatic carbocycles. The van der Waals surface area contributed by atoms with Gasteiger partial charge in [-0.25, -0.2) is 0 Å². The predicted octanol–water partition coefficient (Wildman–Crippen LogP) is 3.73. The number of alkyl halides is 3. The zero-order chi connectivity index (χ0) is 21.0. The lowest BCUT2D eigenvalue weighted by Crippen LogP contribution is -2.50. The van der Waals surface area contributed by atoms with Crippen molar-refractivity contribution in [2.45, 2.75) is 19.5 Å². The van der Waals surface area contributed by atoms with Crippen LogP contribution in [0.25, 0.3) is 0 Å². The van der Waals surface area contributed by atoms with Crippen LogP contribution in [0.4, 0.5) is 18.9 Å². The van der Waals surface area contributed by atoms with Gasteiger partial charge >= 0.3 is 6.18 Å². The number of piperazine rings is 1. The molecule has 5 nitrogen and oxygen atoms in total. The number of aryl methyl sites for hydroxylation is 1. The van der Waals surface area contributed by atoms with Crippen LogP contribution in [0, 0.1) is 0 Å². The molecule has 0 unspecified atom stereocenters. The summed E-state index contributed by atoms with van der Waals surface area (Å²) in [5.74, 6) is -0.506. The van der Waals surface area contributed by atoms with Crippen molar-refractivity contribution in [3.8, 4) is 0 Å². The van der Waals surface area contributed by atoms with Gasteiger partial charge in [-0.3, -0.25) is 14.5 Å². The minimum absolute atomic E-state index is 0.0000519. The van der Waals surface area contributed by atoms with E-state index in [-0.39, 0.29) is 18.1 Å². The summed E-state index contributed by atoms with van der Waals surface area (Å²) in [6.07, 6.45) is -3.74. The largest absolute Gasteiger partial charge is 0.418 e. The highest BCUT2D eigenvalue weighted by Crippen LogP contribution is 2.34. The van der Waals surface area contributed by atoms with Gasteiger partial charge in [0.05, 0.1) is 22.7 Å². The van der Waals surface area contributed by atoms with Crippen molar-refractivity contribution in [2.75, 3.05) is 38.0 Å². The molecule has 2 amide bonds. The second-order valence-corrected chi connectivity index (χ2v) is 7.70. The van der Waals surface area contributed by atoms with Gasteiger partial charge in [0.2, 0.25) is 5.91 Å². The molecule has 0 atom stereocenters. The Kier molecular flexibility index (Phi) is 6.59. The van der Waals surface area contributed by atoms with Crippen molar-refractivity contribution < 1.29 is 22.8 Å². The summed E-state index contributed by atoms with van der Waals surface area (Å²) in [7, 11) is 0. The smallest absolute Gasteiger partial charge is 0.335 e. The third kappa shape index (κ3) is 5.16. The standard InChI is InChI=1S/C20H22F3N3O2S/c1-2-14-7-12-29-18(14)19(28)26-10-8-25(9-11-26)13-17(27)24-16-6-4-3-5-15(16)20(21,22)23/h3-7,12H,2,8-11,13H2,1H3,(H,24,27). The Morgan fingerprint density at radius 2 is 1.79 bits per heavy atom. The van der Waals surface area contributed by atoms with E-state index < -0.39 is 17.6 Å². The molecular weight excluding hydrogens is 403 g/mol. The Hall–Kier alpha value is -2.39. The molecule has 2 aromatic rings. The minimum Gasteiger partial charge on any atom is -0.335 e. The highest BCUT2D eigenvalue weighted by atomic mass is 32.1. The summed E-state index contributed by atoms with van der Waals surface area (Å²) >= 11 is 1.43. The molecule has 29 heavy (non-hydrogen) atoms. The van der Waals surface area contributed by atoms with Gasteiger partial charge in [-0.2, -0.15) is 13.2 Å². The fourth-order valence-electron chi connectivity index (χ4n) is 3.29. The van der Waals surface area contributed by atoms with E-state index in [1.165, 1.54) is 29.5 Å². The number of para-hydroxylation sites is 1. The van der Waals surface area contributed by atoms with Crippen molar-refractivity contribution in [2.24, 2.45) is 0 Å². The van der Waals surface area contributed by atoms with Crippen LogP contribution in [0.3, 0.4) is 0 Å². The topological polar surface area (TPSA) is 52.7 Å². The summed E-state index contributed by atoms with van der Waals surface area (Å²) < 4.78 is 39.1. The number of hydrogen-bond donors (Lipinski definition) is 1. The molecule has 1 aliphatic rings. The van der Waals surface area contributed by atoms with Crippen LogP contribution in [-0.4, -0.2) is 54.3 Å². The number of amides is 2. The van der Waals surface area contributed by atoms with Gasteiger partial charge in [0.1, 0.15) is 0 Å². The molecule has 0 spiro atoms. The predicted molar refractivity (Wildman–Crippen MR) is 106 cm³/mol. The molecule has 1 aliphatic heterocycles. The lowest BCUT2D eigenvalue weighted by Gasteiger charge is -2.34. The quantitative estimate of drug-likeness (QED) is 0.794. The normalized spacial score (nSPS) is 15.4. The van der Waals surface area contributed by atoms with Crippen LogP contribution >= 0.6 is 11.3 Å². The number of carbonyl (C=O) groups excluding carboxylic acids is 2. The van der Waals surface area contributed by atoms with Crippen molar-refractivity contribution in [1.82, 2.24) is 9.80 Å². The maximum Gasteiger partial charge on any atom is 0.418 e. The monoisotopic (exact) mass is 425 g/mol. The first-order valence-corrected chi connectivity index (χ1v) is 10.2. The second-order valence-electron chi connectivity index (χ2n) is 6.79. The molecule has 3 rings (SSSR count). The number of benzene rings is 1. The summed E-state index contributed by atoms with van der Waals surface area (Å²) in [6, 6.07) is 6.87. The number of nitrogens with zero attached hydrogens (tertiary/aromatic N) is 2. The summed E-state index contributed by atoms with van der Waals surface area (Å²) in [6.45, 7) is 3.93. The number of rotatable bonds is 5. The third-order valence-electron chi connectivity index (χ3n) is 4.86. The lowest BCUT2D eigenvalue weighted by molar-refractivity contribution is -0.137. The average Bonchev–Trinajstić information content (AvgIpc) is 3.16. The number of thiophene rings is 1. The lowest BCUT2D eigenvalue weighted by atomic mass is 10.1. The first-order valence-electron chi connectivity index (χ1n) is 9.33. The van der Waals surface area contributed by atoms with E-state index in [0.29, 0.717) is 26.2 Å². The molecule has 9 heteroatoms. The summed E-state index contributed by atoms with van der Waals surface area (Å²) in [5, 5.41) is 4.26. The van der Waals surface area contributed by atoms with E-state index in [1.54, 1.807) is 4.90 Å². The molecule has 0 saturated carbocycles. The Morgan fingerprint density at radius 3 is 2.45 bits per heavy atom. The molecular formula is C20H22F3N3O2S. The van der Waals surface area contributed by atoms with Crippen LogP contribution < -0.4 is 5.32 Å². The van der Waals surface area contributed by atoms with E-state index in [2.05, 4.69) is 5.32 Å². The molecule has 0 bridgehead atoms. The van der Waals surface area contributed by atoms with E-state index >= 15 is 0 Å². The fraction of sp³-hybridized carbons (Fsp3) is 0.400. The van der Waals surface area contributed by atoms with Gasteiger partial charge in [-0.15, -0.1) is 11.3 Å². The van der Waals surface area contributed by atoms with Gasteiger partial charge in [0.25, 0.3) is 5.91 Å². The van der Waals surface area contributed by atoms with Crippen molar-refractivity contribution in [3.05, 3.63) is 51.7 Å². The molecule has 1 N–H and O–H groups in total. The minimum atomic E-state index is -4.53. The second kappa shape index (κ2) is 8.96. The van der Waals surface area contributed by atoms with Crippen LogP contribution in [0.2, 0.25) is 0 Å². The molecule has 0 radical (unpaired) electrons. The number of halogens is 3. The zero-order valence-corrected chi connectivity index (χ0v) is 16.8. The molecule has 1 fully saturated rings. The highest BCUT2D eigenvalue weighted by Gasteiger charge is 2.33. The number of nitrogens with one attached hydrogen (secondary N) is 1. The van der Waals surface area contributed by atoms with Gasteiger partial charge in [0, 0.05) is 26.2 Å². The van der Waals surface area contributed by atoms with Crippen molar-refractivity contribution in [1.29, 1.82) is 0 Å². The third-order valence-corrected chi connectivity index (χ3v) is 5.80. The first kappa shape index (κ1) is 21.3. The van der Waals surface area contributed by atoms with Crippen LogP contribution in [0.15, 0.2) is 35.7 Å². The molecule has 156 valence electrons. The van der Waals surface area contributed by atoms with Gasteiger partial charge < -0.3 is 10.2 Å². The van der Waals surface area contributed by atoms with E-state index in [1.807, 2.05) is 23.3 Å². The highest BCUT2D eigenvalue weighted by molar-refractivity contribution is 7.12. The van der Waals surface area contributed by atoms with Gasteiger partial charge in [-0.1, -0.05) is 19.1 Å². The van der Waals surface area contributed by atoms with Crippen LogP contribution in [0.5, 0.6) is 0 Å². The Morgan fingerprint density at radius 1 is 1.10 bits per heavy atom. The molecule has 0 aliphatic carbocycles. The molecule has 2 heterocycles. The van der Waals surface area contributed by atoms with Gasteiger partial charge in [0.15, 0.2) is 0 Å². The van der Waals surface area contributed by atoms with Gasteiger partial charge in [-0.05, 0) is 35.6 Å². The Labute approximate surface area is 171 Å². The zero-order valence-electron chi connectivity index (χ0n) is 16.0. The number of hydrogen-bond acceptors (Lipinski definition) is 4. The molecule has 1 saturated heterocycles. The summed E-state index contributed by atoms with van der Waals surface area (Å²) in [5.41, 5.74) is -0.0832. The summed E-state index contributed by atoms with van der Waals surface area (Å²) in [4.78, 5) is 29.3. The Balaban J connectivity index is 1.54. The first-order chi connectivity index (χ1) is 13.8.